The average Bonchev–Trinajstić information content (AvgIpc) is 2.31. The molecule has 0 saturated carbocycles. The van der Waals surface area contributed by atoms with E-state index in [0.29, 0.717) is 6.04 Å². The molecular weight excluding hydrogens is 243 g/mol. The molecule has 1 atom stereocenters. The molecule has 0 bridgehead atoms. The Labute approximate surface area is 106 Å². The summed E-state index contributed by atoms with van der Waals surface area (Å²) in [4.78, 5) is 10.7. The molecule has 2 N–H and O–H groups in total. The lowest BCUT2D eigenvalue weighted by atomic mass is 10.2. The molecule has 3 nitrogen and oxygen atoms in total. The molecule has 1 unspecified atom stereocenters. The lowest BCUT2D eigenvalue weighted by molar-refractivity contribution is -0.106. The van der Waals surface area contributed by atoms with E-state index in [9.17, 15) is 4.39 Å². The monoisotopic (exact) mass is 260 g/mol. The normalized spacial score (nSPS) is 11.1. The number of carbonyl (C=O) groups excluding carboxylic acids is 1. The van der Waals surface area contributed by atoms with Crippen LogP contribution < -0.4 is 10.6 Å². The van der Waals surface area contributed by atoms with Crippen LogP contribution >= 0.6 is 11.6 Å². The number of nitrogens with two attached hydrogens (primary N) is 1. The van der Waals surface area contributed by atoms with E-state index in [2.05, 4.69) is 24.5 Å². The SMILES string of the molecule is CCC(C)N(C)c1ccc(F)c(Cl)c1.NC=O. The van der Waals surface area contributed by atoms with Crippen LogP contribution in [0.1, 0.15) is 20.3 Å². The van der Waals surface area contributed by atoms with Gasteiger partial charge in [-0.3, -0.25) is 4.79 Å². The second kappa shape index (κ2) is 7.90. The van der Waals surface area contributed by atoms with Gasteiger partial charge in [-0.05, 0) is 31.5 Å². The maximum atomic E-state index is 12.9. The van der Waals surface area contributed by atoms with Crippen LogP contribution in [0.5, 0.6) is 0 Å². The van der Waals surface area contributed by atoms with Crippen molar-refractivity contribution in [1.82, 2.24) is 0 Å². The number of hydrogen-bond donors (Lipinski definition) is 1. The molecule has 0 aromatic heterocycles. The minimum absolute atomic E-state index is 0.178. The second-order valence-corrected chi connectivity index (χ2v) is 4.01. The van der Waals surface area contributed by atoms with E-state index in [1.807, 2.05) is 7.05 Å². The van der Waals surface area contributed by atoms with Crippen molar-refractivity contribution in [3.63, 3.8) is 0 Å². The number of amides is 1. The van der Waals surface area contributed by atoms with E-state index in [0.717, 1.165) is 12.1 Å². The fourth-order valence-corrected chi connectivity index (χ4v) is 1.41. The van der Waals surface area contributed by atoms with E-state index in [4.69, 9.17) is 16.4 Å². The van der Waals surface area contributed by atoms with Crippen molar-refractivity contribution >= 4 is 23.7 Å². The molecule has 0 spiro atoms. The van der Waals surface area contributed by atoms with Gasteiger partial charge in [0.1, 0.15) is 5.82 Å². The molecule has 1 aromatic rings. The smallest absolute Gasteiger partial charge is 0.204 e. The van der Waals surface area contributed by atoms with E-state index >= 15 is 0 Å². The Morgan fingerprint density at radius 2 is 2.12 bits per heavy atom. The van der Waals surface area contributed by atoms with Gasteiger partial charge in [0.2, 0.25) is 6.41 Å². The van der Waals surface area contributed by atoms with Crippen molar-refractivity contribution in [2.75, 3.05) is 11.9 Å². The van der Waals surface area contributed by atoms with Gasteiger partial charge in [-0.2, -0.15) is 0 Å². The van der Waals surface area contributed by atoms with Crippen LogP contribution in [-0.4, -0.2) is 19.5 Å². The number of hydrogen-bond acceptors (Lipinski definition) is 2. The summed E-state index contributed by atoms with van der Waals surface area (Å²) in [5.74, 6) is -0.368. The topological polar surface area (TPSA) is 46.3 Å². The molecule has 0 aliphatic rings. The summed E-state index contributed by atoms with van der Waals surface area (Å²) in [5, 5.41) is 0.178. The molecule has 17 heavy (non-hydrogen) atoms. The largest absolute Gasteiger partial charge is 0.372 e. The predicted octanol–water partition coefficient (Wildman–Crippen LogP) is 2.82. The molecule has 1 aromatic carbocycles. The molecule has 1 amide bonds. The lowest BCUT2D eigenvalue weighted by Gasteiger charge is -2.26. The number of primary amides is 1. The summed E-state index contributed by atoms with van der Waals surface area (Å²) < 4.78 is 12.9. The maximum absolute atomic E-state index is 12.9. The summed E-state index contributed by atoms with van der Waals surface area (Å²) in [7, 11) is 1.98. The Morgan fingerprint density at radius 3 is 2.53 bits per heavy atom. The zero-order chi connectivity index (χ0) is 13.4. The van der Waals surface area contributed by atoms with Gasteiger partial charge in [-0.15, -0.1) is 0 Å². The summed E-state index contributed by atoms with van der Waals surface area (Å²) >= 11 is 5.70. The first-order valence-corrected chi connectivity index (χ1v) is 5.68. The third-order valence-corrected chi connectivity index (χ3v) is 2.85. The van der Waals surface area contributed by atoms with Crippen LogP contribution in [0, 0.1) is 5.82 Å². The summed E-state index contributed by atoms with van der Waals surface area (Å²) in [5.41, 5.74) is 5.12. The first-order chi connectivity index (χ1) is 7.97. The number of anilines is 1. The third-order valence-electron chi connectivity index (χ3n) is 2.56. The molecule has 96 valence electrons. The highest BCUT2D eigenvalue weighted by atomic mass is 35.5. The van der Waals surface area contributed by atoms with Crippen LogP contribution in [0.4, 0.5) is 10.1 Å². The zero-order valence-electron chi connectivity index (χ0n) is 10.3. The van der Waals surface area contributed by atoms with E-state index in [-0.39, 0.29) is 17.2 Å². The Kier molecular flexibility index (Phi) is 7.30. The van der Waals surface area contributed by atoms with Gasteiger partial charge < -0.3 is 10.6 Å². The van der Waals surface area contributed by atoms with Gasteiger partial charge in [0.05, 0.1) is 5.02 Å². The Morgan fingerprint density at radius 1 is 1.59 bits per heavy atom. The zero-order valence-corrected chi connectivity index (χ0v) is 11.0. The van der Waals surface area contributed by atoms with Crippen molar-refractivity contribution in [2.45, 2.75) is 26.3 Å². The Balaban J connectivity index is 0.000000770. The van der Waals surface area contributed by atoms with Crippen molar-refractivity contribution in [2.24, 2.45) is 5.73 Å². The Bertz CT molecular complexity index is 360. The lowest BCUT2D eigenvalue weighted by Crippen LogP contribution is -2.27. The van der Waals surface area contributed by atoms with Crippen molar-refractivity contribution < 1.29 is 9.18 Å². The molecule has 0 fully saturated rings. The highest BCUT2D eigenvalue weighted by molar-refractivity contribution is 6.31. The van der Waals surface area contributed by atoms with Crippen LogP contribution in [0.25, 0.3) is 0 Å². The molecule has 0 radical (unpaired) electrons. The molecule has 0 heterocycles. The molecule has 5 heteroatoms. The summed E-state index contributed by atoms with van der Waals surface area (Å²) in [6, 6.07) is 5.23. The van der Waals surface area contributed by atoms with E-state index in [1.165, 1.54) is 6.07 Å². The number of nitrogens with zero attached hydrogens (tertiary/aromatic N) is 1. The molecule has 1 rings (SSSR count). The fourth-order valence-electron chi connectivity index (χ4n) is 1.23. The number of benzene rings is 1. The van der Waals surface area contributed by atoms with Crippen LogP contribution in [-0.2, 0) is 4.79 Å². The standard InChI is InChI=1S/C11H15ClFN.CH3NO/c1-4-8(2)14(3)9-5-6-11(13)10(12)7-9;2-1-3/h5-8H,4H2,1-3H3;1H,(H2,2,3). The number of rotatable bonds is 3. The quantitative estimate of drug-likeness (QED) is 0.850. The molecule has 0 aliphatic heterocycles. The van der Waals surface area contributed by atoms with Crippen LogP contribution in [0.15, 0.2) is 18.2 Å². The summed E-state index contributed by atoms with van der Waals surface area (Å²) in [6.45, 7) is 4.24. The minimum atomic E-state index is -0.368. The average molecular weight is 261 g/mol. The van der Waals surface area contributed by atoms with Crippen molar-refractivity contribution in [3.05, 3.63) is 29.0 Å². The highest BCUT2D eigenvalue weighted by Gasteiger charge is 2.09. The highest BCUT2D eigenvalue weighted by Crippen LogP contribution is 2.23. The van der Waals surface area contributed by atoms with E-state index < -0.39 is 0 Å². The van der Waals surface area contributed by atoms with Gasteiger partial charge >= 0.3 is 0 Å². The molecule has 0 saturated heterocycles. The molecule has 0 aliphatic carbocycles. The number of halogens is 2. The van der Waals surface area contributed by atoms with Gasteiger partial charge in [0.15, 0.2) is 0 Å². The van der Waals surface area contributed by atoms with Crippen LogP contribution in [0.3, 0.4) is 0 Å². The number of carbonyl (C=O) groups is 1. The van der Waals surface area contributed by atoms with Crippen molar-refractivity contribution in [3.8, 4) is 0 Å². The summed E-state index contributed by atoms with van der Waals surface area (Å²) in [6.07, 6.45) is 1.30. The molecular formula is C12H18ClFN2O. The van der Waals surface area contributed by atoms with E-state index in [1.54, 1.807) is 12.1 Å². The first kappa shape index (κ1) is 15.7. The third kappa shape index (κ3) is 5.04. The van der Waals surface area contributed by atoms with Crippen LogP contribution in [0.2, 0.25) is 5.02 Å². The van der Waals surface area contributed by atoms with Crippen molar-refractivity contribution in [1.29, 1.82) is 0 Å². The second-order valence-electron chi connectivity index (χ2n) is 3.60. The maximum Gasteiger partial charge on any atom is 0.204 e. The Hall–Kier alpha value is -1.29. The minimum Gasteiger partial charge on any atom is -0.372 e. The fraction of sp³-hybridized carbons (Fsp3) is 0.417. The van der Waals surface area contributed by atoms with Gasteiger partial charge in [0, 0.05) is 18.8 Å². The van der Waals surface area contributed by atoms with Gasteiger partial charge in [-0.25, -0.2) is 4.39 Å². The van der Waals surface area contributed by atoms with Gasteiger partial charge in [0.25, 0.3) is 0 Å². The predicted molar refractivity (Wildman–Crippen MR) is 69.8 cm³/mol. The van der Waals surface area contributed by atoms with Gasteiger partial charge in [-0.1, -0.05) is 18.5 Å². The first-order valence-electron chi connectivity index (χ1n) is 5.31.